The van der Waals surface area contributed by atoms with Crippen LogP contribution in [0.1, 0.15) is 65.2 Å². The Morgan fingerprint density at radius 2 is 1.89 bits per heavy atom. The summed E-state index contributed by atoms with van der Waals surface area (Å²) in [4.78, 5) is 14.4. The second kappa shape index (κ2) is 6.78. The number of hydrogen-bond donors (Lipinski definition) is 0. The van der Waals surface area contributed by atoms with E-state index in [0.717, 1.165) is 51.4 Å². The number of carbonyl (C=O) groups excluding carboxylic acids is 1. The predicted octanol–water partition coefficient (Wildman–Crippen LogP) is 3.50. The Balaban J connectivity index is 2.80. The molecule has 0 aromatic rings. The molecule has 1 saturated carbocycles. The number of nitrogens with zero attached hydrogens (tertiary/aromatic N) is 2. The van der Waals surface area contributed by atoms with Crippen LogP contribution in [0.25, 0.3) is 0 Å². The average molecular weight is 250 g/mol. The zero-order valence-corrected chi connectivity index (χ0v) is 12.0. The monoisotopic (exact) mass is 250 g/mol. The Morgan fingerprint density at radius 3 is 2.33 bits per heavy atom. The molecule has 1 fully saturated rings. The van der Waals surface area contributed by atoms with Crippen LogP contribution in [-0.2, 0) is 4.79 Å². The molecule has 1 amide bonds. The summed E-state index contributed by atoms with van der Waals surface area (Å²) in [5, 5.41) is 9.50. The van der Waals surface area contributed by atoms with Crippen molar-refractivity contribution in [3.8, 4) is 6.07 Å². The maximum Gasteiger partial charge on any atom is 0.243 e. The van der Waals surface area contributed by atoms with E-state index in [1.807, 2.05) is 7.05 Å². The second-order valence-electron chi connectivity index (χ2n) is 5.66. The van der Waals surface area contributed by atoms with E-state index in [1.165, 1.54) is 0 Å². The Hall–Kier alpha value is -1.04. The average Bonchev–Trinajstić information content (AvgIpc) is 2.63. The maximum absolute atomic E-state index is 12.6. The Labute approximate surface area is 111 Å². The highest BCUT2D eigenvalue weighted by atomic mass is 16.2. The van der Waals surface area contributed by atoms with Gasteiger partial charge in [0.05, 0.1) is 6.07 Å². The molecule has 0 radical (unpaired) electrons. The van der Waals surface area contributed by atoms with E-state index < -0.39 is 5.41 Å². The van der Waals surface area contributed by atoms with Crippen molar-refractivity contribution in [2.75, 3.05) is 7.05 Å². The zero-order valence-electron chi connectivity index (χ0n) is 12.0. The number of hydrogen-bond acceptors (Lipinski definition) is 2. The summed E-state index contributed by atoms with van der Waals surface area (Å²) in [6.07, 6.45) is 7.89. The van der Waals surface area contributed by atoms with E-state index in [2.05, 4.69) is 19.9 Å². The molecule has 0 aromatic carbocycles. The number of carbonyl (C=O) groups is 1. The van der Waals surface area contributed by atoms with Crippen LogP contribution >= 0.6 is 0 Å². The molecular formula is C15H26N2O. The van der Waals surface area contributed by atoms with Gasteiger partial charge in [0.1, 0.15) is 5.41 Å². The SMILES string of the molecule is CCCC(C)N(C)C(=O)C1(C#N)CCCCCC1. The zero-order chi connectivity index (χ0) is 13.6. The lowest BCUT2D eigenvalue weighted by Gasteiger charge is -2.33. The van der Waals surface area contributed by atoms with Crippen LogP contribution in [0, 0.1) is 16.7 Å². The molecule has 18 heavy (non-hydrogen) atoms. The molecular weight excluding hydrogens is 224 g/mol. The van der Waals surface area contributed by atoms with E-state index in [4.69, 9.17) is 0 Å². The van der Waals surface area contributed by atoms with Crippen molar-refractivity contribution in [1.82, 2.24) is 4.90 Å². The van der Waals surface area contributed by atoms with E-state index in [1.54, 1.807) is 4.90 Å². The Bertz CT molecular complexity index is 311. The molecule has 1 aliphatic rings. The summed E-state index contributed by atoms with van der Waals surface area (Å²) >= 11 is 0. The molecule has 102 valence electrons. The molecule has 0 N–H and O–H groups in total. The summed E-state index contributed by atoms with van der Waals surface area (Å²) < 4.78 is 0. The summed E-state index contributed by atoms with van der Waals surface area (Å²) in [6.45, 7) is 4.20. The highest BCUT2D eigenvalue weighted by Crippen LogP contribution is 2.36. The van der Waals surface area contributed by atoms with Crippen molar-refractivity contribution in [1.29, 1.82) is 5.26 Å². The normalized spacial score (nSPS) is 20.6. The van der Waals surface area contributed by atoms with Crippen LogP contribution in [0.3, 0.4) is 0 Å². The Morgan fingerprint density at radius 1 is 1.33 bits per heavy atom. The maximum atomic E-state index is 12.6. The highest BCUT2D eigenvalue weighted by molar-refractivity contribution is 5.85. The molecule has 3 heteroatoms. The molecule has 1 aliphatic carbocycles. The molecule has 0 bridgehead atoms. The minimum atomic E-state index is -0.743. The van der Waals surface area contributed by atoms with Crippen LogP contribution in [0.4, 0.5) is 0 Å². The van der Waals surface area contributed by atoms with Gasteiger partial charge in [0.2, 0.25) is 5.91 Å². The van der Waals surface area contributed by atoms with Crippen LogP contribution in [-0.4, -0.2) is 23.9 Å². The summed E-state index contributed by atoms with van der Waals surface area (Å²) in [7, 11) is 1.85. The topological polar surface area (TPSA) is 44.1 Å². The van der Waals surface area contributed by atoms with Gasteiger partial charge in [-0.3, -0.25) is 4.79 Å². The van der Waals surface area contributed by atoms with Crippen molar-refractivity contribution in [3.63, 3.8) is 0 Å². The van der Waals surface area contributed by atoms with Crippen LogP contribution < -0.4 is 0 Å². The molecule has 1 rings (SSSR count). The predicted molar refractivity (Wildman–Crippen MR) is 72.9 cm³/mol. The first-order valence-electron chi connectivity index (χ1n) is 7.26. The van der Waals surface area contributed by atoms with E-state index in [-0.39, 0.29) is 11.9 Å². The smallest absolute Gasteiger partial charge is 0.243 e. The van der Waals surface area contributed by atoms with Gasteiger partial charge in [-0.15, -0.1) is 0 Å². The third kappa shape index (κ3) is 3.25. The van der Waals surface area contributed by atoms with Gasteiger partial charge in [-0.25, -0.2) is 0 Å². The van der Waals surface area contributed by atoms with Crippen LogP contribution in [0.5, 0.6) is 0 Å². The van der Waals surface area contributed by atoms with Gasteiger partial charge >= 0.3 is 0 Å². The number of nitriles is 1. The van der Waals surface area contributed by atoms with Crippen molar-refractivity contribution < 1.29 is 4.79 Å². The molecule has 3 nitrogen and oxygen atoms in total. The standard InChI is InChI=1S/C15H26N2O/c1-4-9-13(2)17(3)14(18)15(12-16)10-7-5-6-8-11-15/h13H,4-11H2,1-3H3. The van der Waals surface area contributed by atoms with Gasteiger partial charge in [0.25, 0.3) is 0 Å². The fraction of sp³-hybridized carbons (Fsp3) is 0.867. The quantitative estimate of drug-likeness (QED) is 0.717. The van der Waals surface area contributed by atoms with E-state index >= 15 is 0 Å². The third-order valence-electron chi connectivity index (χ3n) is 4.27. The lowest BCUT2D eigenvalue weighted by atomic mass is 9.80. The van der Waals surface area contributed by atoms with Gasteiger partial charge in [-0.1, -0.05) is 39.0 Å². The lowest BCUT2D eigenvalue weighted by molar-refractivity contribution is -0.140. The summed E-state index contributed by atoms with van der Waals surface area (Å²) in [6, 6.07) is 2.58. The van der Waals surface area contributed by atoms with Gasteiger partial charge < -0.3 is 4.90 Å². The van der Waals surface area contributed by atoms with Crippen molar-refractivity contribution >= 4 is 5.91 Å². The van der Waals surface area contributed by atoms with Crippen LogP contribution in [0.15, 0.2) is 0 Å². The molecule has 0 heterocycles. The highest BCUT2D eigenvalue weighted by Gasteiger charge is 2.41. The summed E-state index contributed by atoms with van der Waals surface area (Å²) in [5.74, 6) is 0.0489. The largest absolute Gasteiger partial charge is 0.342 e. The van der Waals surface area contributed by atoms with Gasteiger partial charge in [0, 0.05) is 13.1 Å². The minimum absolute atomic E-state index is 0.0489. The number of amides is 1. The van der Waals surface area contributed by atoms with Gasteiger partial charge in [-0.05, 0) is 26.2 Å². The van der Waals surface area contributed by atoms with Crippen molar-refractivity contribution in [3.05, 3.63) is 0 Å². The van der Waals surface area contributed by atoms with Crippen LogP contribution in [0.2, 0.25) is 0 Å². The molecule has 0 saturated heterocycles. The van der Waals surface area contributed by atoms with E-state index in [9.17, 15) is 10.1 Å². The third-order valence-corrected chi connectivity index (χ3v) is 4.27. The lowest BCUT2D eigenvalue weighted by Crippen LogP contribution is -2.45. The van der Waals surface area contributed by atoms with Gasteiger partial charge in [0.15, 0.2) is 0 Å². The first-order valence-corrected chi connectivity index (χ1v) is 7.26. The van der Waals surface area contributed by atoms with E-state index in [0.29, 0.717) is 0 Å². The molecule has 0 aromatic heterocycles. The Kier molecular flexibility index (Phi) is 5.65. The molecule has 0 aliphatic heterocycles. The second-order valence-corrected chi connectivity index (χ2v) is 5.66. The molecule has 1 unspecified atom stereocenters. The fourth-order valence-corrected chi connectivity index (χ4v) is 2.85. The molecule has 1 atom stereocenters. The summed E-state index contributed by atoms with van der Waals surface area (Å²) in [5.41, 5.74) is -0.743. The first kappa shape index (κ1) is 15.0. The molecule has 0 spiro atoms. The number of rotatable bonds is 4. The minimum Gasteiger partial charge on any atom is -0.342 e. The van der Waals surface area contributed by atoms with Crippen molar-refractivity contribution in [2.24, 2.45) is 5.41 Å². The van der Waals surface area contributed by atoms with Gasteiger partial charge in [-0.2, -0.15) is 5.26 Å². The first-order chi connectivity index (χ1) is 8.57. The fourth-order valence-electron chi connectivity index (χ4n) is 2.85. The van der Waals surface area contributed by atoms with Crippen molar-refractivity contribution in [2.45, 2.75) is 71.3 Å².